The monoisotopic (exact) mass is 253 g/mol. The lowest BCUT2D eigenvalue weighted by atomic mass is 9.67. The number of amides is 1. The Labute approximate surface area is 108 Å². The molecule has 0 aromatic heterocycles. The maximum Gasteiger partial charge on any atom is 0.319 e. The van der Waals surface area contributed by atoms with Gasteiger partial charge in [-0.05, 0) is 37.5 Å². The summed E-state index contributed by atoms with van der Waals surface area (Å²) in [6.45, 7) is 4.42. The third-order valence-corrected chi connectivity index (χ3v) is 4.59. The molecule has 2 fully saturated rings. The Morgan fingerprint density at radius 3 is 2.28 bits per heavy atom. The average molecular weight is 253 g/mol. The summed E-state index contributed by atoms with van der Waals surface area (Å²) in [6.07, 6.45) is 6.05. The molecule has 4 nitrogen and oxygen atoms in total. The van der Waals surface area contributed by atoms with Gasteiger partial charge in [-0.1, -0.05) is 26.7 Å². The number of nitrogens with one attached hydrogen (secondary N) is 1. The van der Waals surface area contributed by atoms with E-state index in [1.165, 1.54) is 6.42 Å². The highest BCUT2D eigenvalue weighted by molar-refractivity contribution is 6.02. The Morgan fingerprint density at radius 1 is 1.17 bits per heavy atom. The van der Waals surface area contributed by atoms with E-state index in [-0.39, 0.29) is 17.4 Å². The van der Waals surface area contributed by atoms with E-state index in [1.807, 2.05) is 0 Å². The molecule has 2 rings (SSSR count). The highest BCUT2D eigenvalue weighted by Crippen LogP contribution is 2.42. The van der Waals surface area contributed by atoms with Gasteiger partial charge in [0.15, 0.2) is 0 Å². The fourth-order valence-corrected chi connectivity index (χ4v) is 3.21. The van der Waals surface area contributed by atoms with Crippen molar-refractivity contribution in [1.29, 1.82) is 0 Å². The van der Waals surface area contributed by atoms with Crippen molar-refractivity contribution < 1.29 is 14.7 Å². The van der Waals surface area contributed by atoms with Crippen LogP contribution < -0.4 is 5.32 Å². The predicted molar refractivity (Wildman–Crippen MR) is 68.1 cm³/mol. The molecular formula is C14H23NO3. The molecule has 0 aliphatic heterocycles. The molecule has 0 aromatic rings. The Hall–Kier alpha value is -1.06. The summed E-state index contributed by atoms with van der Waals surface area (Å²) in [5.41, 5.74) is -0.867. The van der Waals surface area contributed by atoms with E-state index in [2.05, 4.69) is 19.2 Å². The van der Waals surface area contributed by atoms with Crippen molar-refractivity contribution in [1.82, 2.24) is 5.32 Å². The average Bonchev–Trinajstić information content (AvgIpc) is 2.12. The van der Waals surface area contributed by atoms with Crippen LogP contribution in [0.4, 0.5) is 0 Å². The van der Waals surface area contributed by atoms with E-state index < -0.39 is 11.4 Å². The van der Waals surface area contributed by atoms with E-state index >= 15 is 0 Å². The summed E-state index contributed by atoms with van der Waals surface area (Å²) >= 11 is 0. The van der Waals surface area contributed by atoms with Crippen molar-refractivity contribution >= 4 is 11.9 Å². The lowest BCUT2D eigenvalue weighted by molar-refractivity contribution is -0.162. The third-order valence-electron chi connectivity index (χ3n) is 4.59. The van der Waals surface area contributed by atoms with E-state index in [1.54, 1.807) is 0 Å². The van der Waals surface area contributed by atoms with Gasteiger partial charge in [0.1, 0.15) is 5.41 Å². The fourth-order valence-electron chi connectivity index (χ4n) is 3.21. The lowest BCUT2D eigenvalue weighted by Crippen LogP contribution is -2.54. The van der Waals surface area contributed by atoms with Crippen LogP contribution in [0.25, 0.3) is 0 Å². The highest BCUT2D eigenvalue weighted by Gasteiger charge is 2.51. The van der Waals surface area contributed by atoms with Gasteiger partial charge in [-0.2, -0.15) is 0 Å². The first kappa shape index (κ1) is 13.4. The largest absolute Gasteiger partial charge is 0.480 e. The molecule has 2 aliphatic rings. The van der Waals surface area contributed by atoms with Crippen LogP contribution in [0.15, 0.2) is 0 Å². The smallest absolute Gasteiger partial charge is 0.319 e. The van der Waals surface area contributed by atoms with Crippen molar-refractivity contribution in [3.05, 3.63) is 0 Å². The Morgan fingerprint density at radius 2 is 1.83 bits per heavy atom. The predicted octanol–water partition coefficient (Wildman–Crippen LogP) is 2.33. The maximum atomic E-state index is 12.2. The van der Waals surface area contributed by atoms with Crippen molar-refractivity contribution in [3.8, 4) is 0 Å². The Kier molecular flexibility index (Phi) is 3.39. The number of carbonyl (C=O) groups is 2. The zero-order valence-electron chi connectivity index (χ0n) is 11.3. The summed E-state index contributed by atoms with van der Waals surface area (Å²) in [7, 11) is 0. The molecule has 0 aromatic carbocycles. The molecule has 0 spiro atoms. The molecule has 1 amide bonds. The molecular weight excluding hydrogens is 230 g/mol. The van der Waals surface area contributed by atoms with Gasteiger partial charge >= 0.3 is 5.97 Å². The van der Waals surface area contributed by atoms with E-state index in [0.29, 0.717) is 12.8 Å². The molecule has 2 saturated carbocycles. The molecule has 4 heteroatoms. The molecule has 0 heterocycles. The van der Waals surface area contributed by atoms with Gasteiger partial charge in [0.2, 0.25) is 5.91 Å². The summed E-state index contributed by atoms with van der Waals surface area (Å²) < 4.78 is 0. The number of aliphatic carboxylic acids is 1. The summed E-state index contributed by atoms with van der Waals surface area (Å²) in [5, 5.41) is 12.2. The molecule has 102 valence electrons. The van der Waals surface area contributed by atoms with Crippen molar-refractivity contribution in [2.45, 2.75) is 64.8 Å². The minimum absolute atomic E-state index is 0.151. The van der Waals surface area contributed by atoms with Gasteiger partial charge in [0, 0.05) is 6.04 Å². The molecule has 1 atom stereocenters. The van der Waals surface area contributed by atoms with E-state index in [4.69, 9.17) is 0 Å². The Balaban J connectivity index is 1.97. The van der Waals surface area contributed by atoms with Gasteiger partial charge in [0.25, 0.3) is 0 Å². The van der Waals surface area contributed by atoms with Crippen LogP contribution in [0.2, 0.25) is 0 Å². The number of carboxylic acid groups (broad SMARTS) is 1. The van der Waals surface area contributed by atoms with Crippen LogP contribution in [-0.2, 0) is 9.59 Å². The van der Waals surface area contributed by atoms with Crippen LogP contribution in [0.1, 0.15) is 58.8 Å². The number of carboxylic acids is 1. The number of hydrogen-bond donors (Lipinski definition) is 2. The Bertz CT molecular complexity index is 358. The minimum atomic E-state index is -1.12. The second-order valence-corrected chi connectivity index (χ2v) is 6.67. The fraction of sp³-hybridized carbons (Fsp3) is 0.857. The number of hydrogen-bond acceptors (Lipinski definition) is 2. The molecule has 1 unspecified atom stereocenters. The van der Waals surface area contributed by atoms with Gasteiger partial charge in [-0.25, -0.2) is 0 Å². The SMILES string of the molecule is CC1(C)CCCC(NC(=O)C2(C(=O)O)CCC2)C1. The first-order chi connectivity index (χ1) is 8.36. The second kappa shape index (κ2) is 4.56. The topological polar surface area (TPSA) is 66.4 Å². The molecule has 0 bridgehead atoms. The maximum absolute atomic E-state index is 12.2. The van der Waals surface area contributed by atoms with Crippen LogP contribution in [0.3, 0.4) is 0 Å². The van der Waals surface area contributed by atoms with Crippen molar-refractivity contribution in [2.75, 3.05) is 0 Å². The molecule has 2 aliphatic carbocycles. The van der Waals surface area contributed by atoms with Gasteiger partial charge in [0.05, 0.1) is 0 Å². The number of rotatable bonds is 3. The molecule has 18 heavy (non-hydrogen) atoms. The van der Waals surface area contributed by atoms with E-state index in [9.17, 15) is 14.7 Å². The normalized spacial score (nSPS) is 29.1. The van der Waals surface area contributed by atoms with Crippen LogP contribution in [0.5, 0.6) is 0 Å². The van der Waals surface area contributed by atoms with Gasteiger partial charge in [-0.15, -0.1) is 0 Å². The van der Waals surface area contributed by atoms with Crippen LogP contribution >= 0.6 is 0 Å². The molecule has 0 saturated heterocycles. The summed E-state index contributed by atoms with van der Waals surface area (Å²) in [6, 6.07) is 0.151. The van der Waals surface area contributed by atoms with Crippen LogP contribution in [-0.4, -0.2) is 23.0 Å². The summed E-state index contributed by atoms with van der Waals surface area (Å²) in [4.78, 5) is 23.4. The first-order valence-electron chi connectivity index (χ1n) is 6.90. The van der Waals surface area contributed by atoms with Crippen molar-refractivity contribution in [2.24, 2.45) is 10.8 Å². The highest BCUT2D eigenvalue weighted by atomic mass is 16.4. The summed E-state index contributed by atoms with van der Waals surface area (Å²) in [5.74, 6) is -1.22. The lowest BCUT2D eigenvalue weighted by Gasteiger charge is -2.40. The zero-order valence-corrected chi connectivity index (χ0v) is 11.3. The van der Waals surface area contributed by atoms with Gasteiger partial charge in [-0.3, -0.25) is 9.59 Å². The number of carbonyl (C=O) groups excluding carboxylic acids is 1. The third kappa shape index (κ3) is 2.38. The van der Waals surface area contributed by atoms with Gasteiger partial charge < -0.3 is 10.4 Å². The zero-order chi connectivity index (χ0) is 13.4. The van der Waals surface area contributed by atoms with Crippen molar-refractivity contribution in [3.63, 3.8) is 0 Å². The molecule has 0 radical (unpaired) electrons. The van der Waals surface area contributed by atoms with E-state index in [0.717, 1.165) is 25.7 Å². The quantitative estimate of drug-likeness (QED) is 0.759. The molecule has 2 N–H and O–H groups in total. The minimum Gasteiger partial charge on any atom is -0.480 e. The second-order valence-electron chi connectivity index (χ2n) is 6.67. The van der Waals surface area contributed by atoms with Crippen LogP contribution in [0, 0.1) is 10.8 Å². The standard InChI is InChI=1S/C14H23NO3/c1-13(2)6-3-5-10(9-13)15-11(16)14(12(17)18)7-4-8-14/h10H,3-9H2,1-2H3,(H,15,16)(H,17,18). The first-order valence-corrected chi connectivity index (χ1v) is 6.90.